The van der Waals surface area contributed by atoms with Crippen molar-refractivity contribution in [3.05, 3.63) is 48.0 Å². The first-order valence-corrected chi connectivity index (χ1v) is 11.8. The maximum Gasteiger partial charge on any atom is 0.338 e. The van der Waals surface area contributed by atoms with Gasteiger partial charge in [-0.1, -0.05) is 0 Å². The van der Waals surface area contributed by atoms with Gasteiger partial charge >= 0.3 is 5.97 Å². The number of hydrogen-bond donors (Lipinski definition) is 1. The molecule has 32 heavy (non-hydrogen) atoms. The maximum atomic E-state index is 12.7. The van der Waals surface area contributed by atoms with Crippen molar-refractivity contribution in [3.8, 4) is 11.5 Å². The zero-order chi connectivity index (χ0) is 22.7. The molecule has 1 atom stereocenters. The number of likely N-dealkylation sites (tertiary alicyclic amines) is 1. The molecular weight excluding hydrogens is 436 g/mol. The molecule has 1 N–H and O–H groups in total. The first kappa shape index (κ1) is 21.9. The van der Waals surface area contributed by atoms with Crippen molar-refractivity contribution >= 4 is 27.6 Å². The molecule has 2 aromatic carbocycles. The largest absolute Gasteiger partial charge is 0.486 e. The number of carbonyl (C=O) groups is 2. The average molecular weight is 461 g/mol. The van der Waals surface area contributed by atoms with E-state index in [0.29, 0.717) is 37.8 Å². The predicted molar refractivity (Wildman–Crippen MR) is 115 cm³/mol. The van der Waals surface area contributed by atoms with Crippen molar-refractivity contribution in [2.75, 3.05) is 31.0 Å². The monoisotopic (exact) mass is 460 g/mol. The predicted octanol–water partition coefficient (Wildman–Crippen LogP) is 2.43. The molecule has 0 aromatic heterocycles. The number of hydrogen-bond acceptors (Lipinski definition) is 7. The minimum Gasteiger partial charge on any atom is -0.486 e. The summed E-state index contributed by atoms with van der Waals surface area (Å²) < 4.78 is 44.0. The zero-order valence-corrected chi connectivity index (χ0v) is 18.4. The Bertz CT molecular complexity index is 1110. The fourth-order valence-corrected chi connectivity index (χ4v) is 4.63. The number of nitrogens with zero attached hydrogens (tertiary/aromatic N) is 1. The smallest absolute Gasteiger partial charge is 0.338 e. The van der Waals surface area contributed by atoms with E-state index in [1.54, 1.807) is 17.9 Å². The normalized spacial score (nSPS) is 16.3. The summed E-state index contributed by atoms with van der Waals surface area (Å²) in [6.45, 7) is 3.67. The van der Waals surface area contributed by atoms with Crippen LogP contribution in [-0.2, 0) is 19.6 Å². The molecule has 0 spiro atoms. The van der Waals surface area contributed by atoms with E-state index in [-0.39, 0.29) is 22.1 Å². The fourth-order valence-electron chi connectivity index (χ4n) is 3.55. The van der Waals surface area contributed by atoms with E-state index in [9.17, 15) is 18.0 Å². The highest BCUT2D eigenvalue weighted by molar-refractivity contribution is 7.92. The van der Waals surface area contributed by atoms with Gasteiger partial charge in [0, 0.05) is 24.8 Å². The minimum atomic E-state index is -3.87. The molecule has 2 aliphatic heterocycles. The van der Waals surface area contributed by atoms with E-state index in [4.69, 9.17) is 14.2 Å². The lowest BCUT2D eigenvalue weighted by Gasteiger charge is -2.20. The summed E-state index contributed by atoms with van der Waals surface area (Å²) in [5.74, 6) is 0.0104. The number of amides is 1. The van der Waals surface area contributed by atoms with Gasteiger partial charge in [0.2, 0.25) is 0 Å². The Hall–Kier alpha value is -3.27. The molecule has 1 amide bonds. The van der Waals surface area contributed by atoms with Crippen LogP contribution in [0.4, 0.5) is 5.69 Å². The number of sulfonamides is 1. The van der Waals surface area contributed by atoms with E-state index in [2.05, 4.69) is 4.72 Å². The van der Waals surface area contributed by atoms with Crippen molar-refractivity contribution in [1.29, 1.82) is 0 Å². The second-order valence-corrected chi connectivity index (χ2v) is 9.25. The van der Waals surface area contributed by atoms with Crippen molar-refractivity contribution in [2.24, 2.45) is 0 Å². The SMILES string of the molecule is C[C@@H](OC(=O)c1ccc(NS(=O)(=O)c2ccc3c(c2)OCCO3)cc1)C(=O)N1CCCC1. The third-order valence-corrected chi connectivity index (χ3v) is 6.63. The third kappa shape index (κ3) is 4.80. The number of anilines is 1. The molecule has 0 saturated carbocycles. The minimum absolute atomic E-state index is 0.0273. The van der Waals surface area contributed by atoms with Crippen LogP contribution in [0.3, 0.4) is 0 Å². The molecule has 2 heterocycles. The van der Waals surface area contributed by atoms with Gasteiger partial charge in [-0.05, 0) is 56.2 Å². The van der Waals surface area contributed by atoms with Gasteiger partial charge < -0.3 is 19.1 Å². The van der Waals surface area contributed by atoms with Crippen molar-refractivity contribution < 1.29 is 32.2 Å². The molecule has 1 fully saturated rings. The quantitative estimate of drug-likeness (QED) is 0.659. The first-order chi connectivity index (χ1) is 15.3. The Kier molecular flexibility index (Phi) is 6.22. The van der Waals surface area contributed by atoms with Crippen LogP contribution in [0.25, 0.3) is 0 Å². The summed E-state index contributed by atoms with van der Waals surface area (Å²) in [6.07, 6.45) is 1.03. The van der Waals surface area contributed by atoms with Crippen molar-refractivity contribution in [1.82, 2.24) is 4.90 Å². The topological polar surface area (TPSA) is 111 Å². The molecule has 4 rings (SSSR count). The van der Waals surface area contributed by atoms with Crippen LogP contribution in [-0.4, -0.2) is 57.6 Å². The molecule has 0 aliphatic carbocycles. The standard InChI is InChI=1S/C22H24N2O7S/c1-15(21(25)24-10-2-3-11-24)31-22(26)16-4-6-17(7-5-16)23-32(27,28)18-8-9-19-20(14-18)30-13-12-29-19/h4-9,14-15,23H,2-3,10-13H2,1H3/t15-/m1/s1. The lowest BCUT2D eigenvalue weighted by atomic mass is 10.2. The first-order valence-electron chi connectivity index (χ1n) is 10.4. The van der Waals surface area contributed by atoms with E-state index in [0.717, 1.165) is 12.8 Å². The molecule has 0 unspecified atom stereocenters. The number of esters is 1. The van der Waals surface area contributed by atoms with E-state index < -0.39 is 22.1 Å². The number of nitrogens with one attached hydrogen (secondary N) is 1. The maximum absolute atomic E-state index is 12.7. The number of fused-ring (bicyclic) bond motifs is 1. The molecular formula is C22H24N2O7S. The molecule has 2 aromatic rings. The second-order valence-electron chi connectivity index (χ2n) is 7.57. The third-order valence-electron chi connectivity index (χ3n) is 5.25. The zero-order valence-electron chi connectivity index (χ0n) is 17.6. The Morgan fingerprint density at radius 3 is 2.34 bits per heavy atom. The Balaban J connectivity index is 1.39. The summed E-state index contributed by atoms with van der Waals surface area (Å²) in [6, 6.07) is 10.2. The van der Waals surface area contributed by atoms with Gasteiger partial charge in [0.1, 0.15) is 13.2 Å². The lowest BCUT2D eigenvalue weighted by molar-refractivity contribution is -0.138. The molecule has 2 aliphatic rings. The van der Waals surface area contributed by atoms with Crippen LogP contribution in [0.2, 0.25) is 0 Å². The lowest BCUT2D eigenvalue weighted by Crippen LogP contribution is -2.38. The van der Waals surface area contributed by atoms with Gasteiger partial charge in [-0.3, -0.25) is 9.52 Å². The van der Waals surface area contributed by atoms with Crippen molar-refractivity contribution in [2.45, 2.75) is 30.8 Å². The van der Waals surface area contributed by atoms with Crippen LogP contribution < -0.4 is 14.2 Å². The number of rotatable bonds is 6. The van der Waals surface area contributed by atoms with Gasteiger partial charge in [-0.15, -0.1) is 0 Å². The highest BCUT2D eigenvalue weighted by Crippen LogP contribution is 2.32. The molecule has 0 bridgehead atoms. The second kappa shape index (κ2) is 9.07. The highest BCUT2D eigenvalue weighted by atomic mass is 32.2. The summed E-state index contributed by atoms with van der Waals surface area (Å²) in [4.78, 5) is 26.4. The van der Waals surface area contributed by atoms with Crippen LogP contribution in [0.5, 0.6) is 11.5 Å². The van der Waals surface area contributed by atoms with Crippen LogP contribution in [0.1, 0.15) is 30.1 Å². The fraction of sp³-hybridized carbons (Fsp3) is 0.364. The molecule has 9 nitrogen and oxygen atoms in total. The number of ether oxygens (including phenoxy) is 3. The molecule has 0 radical (unpaired) electrons. The van der Waals surface area contributed by atoms with Crippen molar-refractivity contribution in [3.63, 3.8) is 0 Å². The van der Waals surface area contributed by atoms with Gasteiger partial charge in [0.15, 0.2) is 17.6 Å². The van der Waals surface area contributed by atoms with E-state index in [1.807, 2.05) is 0 Å². The average Bonchev–Trinajstić information content (AvgIpc) is 3.33. The van der Waals surface area contributed by atoms with Gasteiger partial charge in [0.25, 0.3) is 15.9 Å². The Labute approximate surface area is 186 Å². The molecule has 170 valence electrons. The summed E-state index contributed by atoms with van der Waals surface area (Å²) in [5, 5.41) is 0. The van der Waals surface area contributed by atoms with Crippen LogP contribution in [0, 0.1) is 0 Å². The summed E-state index contributed by atoms with van der Waals surface area (Å²) in [7, 11) is -3.87. The Morgan fingerprint density at radius 1 is 1.00 bits per heavy atom. The van der Waals surface area contributed by atoms with Crippen LogP contribution in [0.15, 0.2) is 47.4 Å². The molecule has 10 heteroatoms. The summed E-state index contributed by atoms with van der Waals surface area (Å²) >= 11 is 0. The summed E-state index contributed by atoms with van der Waals surface area (Å²) in [5.41, 5.74) is 0.492. The van der Waals surface area contributed by atoms with Crippen LogP contribution >= 0.6 is 0 Å². The van der Waals surface area contributed by atoms with E-state index in [1.165, 1.54) is 36.4 Å². The Morgan fingerprint density at radius 2 is 1.66 bits per heavy atom. The van der Waals surface area contributed by atoms with Gasteiger partial charge in [-0.2, -0.15) is 0 Å². The highest BCUT2D eigenvalue weighted by Gasteiger charge is 2.26. The van der Waals surface area contributed by atoms with E-state index >= 15 is 0 Å². The number of carbonyl (C=O) groups excluding carboxylic acids is 2. The van der Waals surface area contributed by atoms with Gasteiger partial charge in [-0.25, -0.2) is 13.2 Å². The van der Waals surface area contributed by atoms with Gasteiger partial charge in [0.05, 0.1) is 10.5 Å². The molecule has 1 saturated heterocycles. The number of benzene rings is 2.